The Morgan fingerprint density at radius 1 is 1.35 bits per heavy atom. The Morgan fingerprint density at radius 3 is 3.00 bits per heavy atom. The van der Waals surface area contributed by atoms with Gasteiger partial charge in [-0.1, -0.05) is 12.1 Å². The number of aryl methyl sites for hydroxylation is 2. The molecule has 1 saturated heterocycles. The summed E-state index contributed by atoms with van der Waals surface area (Å²) in [6.07, 6.45) is 3.83. The zero-order valence-electron chi connectivity index (χ0n) is 11.0. The van der Waals surface area contributed by atoms with Crippen molar-refractivity contribution < 1.29 is 4.74 Å². The summed E-state index contributed by atoms with van der Waals surface area (Å²) in [5, 5.41) is 3.45. The van der Waals surface area contributed by atoms with Gasteiger partial charge in [0.25, 0.3) is 0 Å². The van der Waals surface area contributed by atoms with E-state index in [2.05, 4.69) is 37.4 Å². The SMILES string of the molecule is Cc1ccc(C)c(OCC[C@H]2CCCNC2)c1. The zero-order chi connectivity index (χ0) is 12.1. The van der Waals surface area contributed by atoms with Gasteiger partial charge in [0.2, 0.25) is 0 Å². The van der Waals surface area contributed by atoms with Crippen LogP contribution in [0, 0.1) is 19.8 Å². The van der Waals surface area contributed by atoms with Crippen molar-refractivity contribution in [3.05, 3.63) is 29.3 Å². The van der Waals surface area contributed by atoms with Crippen LogP contribution >= 0.6 is 0 Å². The maximum atomic E-state index is 5.89. The van der Waals surface area contributed by atoms with Gasteiger partial charge in [-0.05, 0) is 69.3 Å². The molecular weight excluding hydrogens is 210 g/mol. The largest absolute Gasteiger partial charge is 0.493 e. The van der Waals surface area contributed by atoms with Crippen LogP contribution in [0.2, 0.25) is 0 Å². The highest BCUT2D eigenvalue weighted by atomic mass is 16.5. The lowest BCUT2D eigenvalue weighted by Gasteiger charge is -2.22. The molecule has 0 radical (unpaired) electrons. The quantitative estimate of drug-likeness (QED) is 0.863. The van der Waals surface area contributed by atoms with Crippen molar-refractivity contribution in [1.29, 1.82) is 0 Å². The Kier molecular flexibility index (Phi) is 4.43. The molecule has 0 unspecified atom stereocenters. The fourth-order valence-electron chi connectivity index (χ4n) is 2.37. The third-order valence-corrected chi connectivity index (χ3v) is 3.53. The van der Waals surface area contributed by atoms with Crippen molar-refractivity contribution in [3.63, 3.8) is 0 Å². The van der Waals surface area contributed by atoms with E-state index in [1.807, 2.05) is 0 Å². The summed E-state index contributed by atoms with van der Waals surface area (Å²) >= 11 is 0. The summed E-state index contributed by atoms with van der Waals surface area (Å²) < 4.78 is 5.89. The molecule has 0 saturated carbocycles. The van der Waals surface area contributed by atoms with Gasteiger partial charge in [-0.3, -0.25) is 0 Å². The highest BCUT2D eigenvalue weighted by molar-refractivity contribution is 5.35. The van der Waals surface area contributed by atoms with E-state index < -0.39 is 0 Å². The average Bonchev–Trinajstić information content (AvgIpc) is 2.35. The molecule has 2 rings (SSSR count). The normalized spacial score (nSPS) is 20.2. The third kappa shape index (κ3) is 3.74. The predicted molar refractivity (Wildman–Crippen MR) is 71.6 cm³/mol. The Bertz CT molecular complexity index is 356. The van der Waals surface area contributed by atoms with Gasteiger partial charge in [-0.25, -0.2) is 0 Å². The average molecular weight is 233 g/mol. The van der Waals surface area contributed by atoms with Crippen molar-refractivity contribution >= 4 is 0 Å². The van der Waals surface area contributed by atoms with Gasteiger partial charge in [0.05, 0.1) is 6.61 Å². The molecular formula is C15H23NO. The van der Waals surface area contributed by atoms with Crippen LogP contribution in [-0.2, 0) is 0 Å². The highest BCUT2D eigenvalue weighted by Gasteiger charge is 2.12. The minimum atomic E-state index is 0.800. The van der Waals surface area contributed by atoms with E-state index in [4.69, 9.17) is 4.74 Å². The molecule has 1 atom stereocenters. The lowest BCUT2D eigenvalue weighted by Crippen LogP contribution is -2.30. The lowest BCUT2D eigenvalue weighted by molar-refractivity contribution is 0.253. The maximum absolute atomic E-state index is 5.89. The number of hydrogen-bond acceptors (Lipinski definition) is 2. The summed E-state index contributed by atoms with van der Waals surface area (Å²) in [6.45, 7) is 7.41. The summed E-state index contributed by atoms with van der Waals surface area (Å²) in [5.41, 5.74) is 2.50. The van der Waals surface area contributed by atoms with Crippen LogP contribution < -0.4 is 10.1 Å². The number of piperidine rings is 1. The first-order chi connectivity index (χ1) is 8.25. The van der Waals surface area contributed by atoms with Crippen LogP contribution in [0.1, 0.15) is 30.4 Å². The number of hydrogen-bond donors (Lipinski definition) is 1. The highest BCUT2D eigenvalue weighted by Crippen LogP contribution is 2.20. The van der Waals surface area contributed by atoms with E-state index in [0.717, 1.165) is 24.8 Å². The summed E-state index contributed by atoms with van der Waals surface area (Å²) in [6, 6.07) is 6.40. The molecule has 2 heteroatoms. The Balaban J connectivity index is 1.79. The smallest absolute Gasteiger partial charge is 0.122 e. The molecule has 0 amide bonds. The molecule has 1 aliphatic heterocycles. The predicted octanol–water partition coefficient (Wildman–Crippen LogP) is 3.07. The van der Waals surface area contributed by atoms with Crippen LogP contribution in [0.4, 0.5) is 0 Å². The van der Waals surface area contributed by atoms with Crippen molar-refractivity contribution in [2.45, 2.75) is 33.1 Å². The maximum Gasteiger partial charge on any atom is 0.122 e. The van der Waals surface area contributed by atoms with Gasteiger partial charge < -0.3 is 10.1 Å². The fourth-order valence-corrected chi connectivity index (χ4v) is 2.37. The zero-order valence-corrected chi connectivity index (χ0v) is 11.0. The van der Waals surface area contributed by atoms with Gasteiger partial charge in [0.15, 0.2) is 0 Å². The number of rotatable bonds is 4. The van der Waals surface area contributed by atoms with Crippen molar-refractivity contribution in [2.75, 3.05) is 19.7 Å². The first-order valence-corrected chi connectivity index (χ1v) is 6.66. The van der Waals surface area contributed by atoms with E-state index in [1.165, 1.54) is 36.9 Å². The molecule has 17 heavy (non-hydrogen) atoms. The lowest BCUT2D eigenvalue weighted by atomic mass is 9.97. The van der Waals surface area contributed by atoms with Gasteiger partial charge in [-0.2, -0.15) is 0 Å². The van der Waals surface area contributed by atoms with E-state index in [1.54, 1.807) is 0 Å². The standard InChI is InChI=1S/C15H23NO/c1-12-5-6-13(2)15(10-12)17-9-7-14-4-3-8-16-11-14/h5-6,10,14,16H,3-4,7-9,11H2,1-2H3/t14-/m1/s1. The molecule has 1 N–H and O–H groups in total. The molecule has 1 aliphatic rings. The Hall–Kier alpha value is -1.02. The van der Waals surface area contributed by atoms with Gasteiger partial charge in [-0.15, -0.1) is 0 Å². The second-order valence-corrected chi connectivity index (χ2v) is 5.12. The van der Waals surface area contributed by atoms with Crippen LogP contribution in [0.15, 0.2) is 18.2 Å². The van der Waals surface area contributed by atoms with Crippen LogP contribution in [0.3, 0.4) is 0 Å². The van der Waals surface area contributed by atoms with Crippen molar-refractivity contribution in [2.24, 2.45) is 5.92 Å². The monoisotopic (exact) mass is 233 g/mol. The first kappa shape index (κ1) is 12.4. The molecule has 0 aliphatic carbocycles. The van der Waals surface area contributed by atoms with Crippen LogP contribution in [-0.4, -0.2) is 19.7 Å². The van der Waals surface area contributed by atoms with Crippen molar-refractivity contribution in [1.82, 2.24) is 5.32 Å². The molecule has 0 bridgehead atoms. The van der Waals surface area contributed by atoms with Gasteiger partial charge >= 0.3 is 0 Å². The molecule has 0 aromatic heterocycles. The molecule has 1 aromatic rings. The number of nitrogens with one attached hydrogen (secondary N) is 1. The molecule has 1 aromatic carbocycles. The van der Waals surface area contributed by atoms with E-state index in [-0.39, 0.29) is 0 Å². The minimum absolute atomic E-state index is 0.800. The number of benzene rings is 1. The second kappa shape index (κ2) is 6.06. The summed E-state index contributed by atoms with van der Waals surface area (Å²) in [5.74, 6) is 1.85. The minimum Gasteiger partial charge on any atom is -0.493 e. The second-order valence-electron chi connectivity index (χ2n) is 5.12. The van der Waals surface area contributed by atoms with Gasteiger partial charge in [0, 0.05) is 0 Å². The van der Waals surface area contributed by atoms with Gasteiger partial charge in [0.1, 0.15) is 5.75 Å². The molecule has 1 heterocycles. The Morgan fingerprint density at radius 2 is 2.24 bits per heavy atom. The van der Waals surface area contributed by atoms with E-state index >= 15 is 0 Å². The molecule has 94 valence electrons. The molecule has 1 fully saturated rings. The van der Waals surface area contributed by atoms with Crippen LogP contribution in [0.25, 0.3) is 0 Å². The molecule has 2 nitrogen and oxygen atoms in total. The van der Waals surface area contributed by atoms with E-state index in [0.29, 0.717) is 0 Å². The summed E-state index contributed by atoms with van der Waals surface area (Å²) in [4.78, 5) is 0. The number of ether oxygens (including phenoxy) is 1. The third-order valence-electron chi connectivity index (χ3n) is 3.53. The summed E-state index contributed by atoms with van der Waals surface area (Å²) in [7, 11) is 0. The van der Waals surface area contributed by atoms with Crippen LogP contribution in [0.5, 0.6) is 5.75 Å². The fraction of sp³-hybridized carbons (Fsp3) is 0.600. The Labute approximate surface area is 104 Å². The van der Waals surface area contributed by atoms with Crippen molar-refractivity contribution in [3.8, 4) is 5.75 Å². The van der Waals surface area contributed by atoms with E-state index in [9.17, 15) is 0 Å². The molecule has 0 spiro atoms. The topological polar surface area (TPSA) is 21.3 Å². The first-order valence-electron chi connectivity index (χ1n) is 6.66.